The highest BCUT2D eigenvalue weighted by atomic mass is 35.5. The maximum Gasteiger partial charge on any atom is 0.259 e. The van der Waals surface area contributed by atoms with Crippen LogP contribution in [0.4, 0.5) is 10.2 Å². The lowest BCUT2D eigenvalue weighted by Crippen LogP contribution is -2.25. The summed E-state index contributed by atoms with van der Waals surface area (Å²) in [5.41, 5.74) is 11.4. The molecule has 1 amide bonds. The van der Waals surface area contributed by atoms with Crippen LogP contribution in [0.15, 0.2) is 47.3 Å². The predicted octanol–water partition coefficient (Wildman–Crippen LogP) is 2.86. The van der Waals surface area contributed by atoms with E-state index in [4.69, 9.17) is 27.8 Å². The Morgan fingerprint density at radius 2 is 2.04 bits per heavy atom. The first-order chi connectivity index (χ1) is 12.6. The molecule has 9 heteroatoms. The van der Waals surface area contributed by atoms with Gasteiger partial charge in [0.25, 0.3) is 5.91 Å². The molecule has 0 bridgehead atoms. The minimum Gasteiger partial charge on any atom is -0.507 e. The zero-order valence-corrected chi connectivity index (χ0v) is 15.4. The molecule has 7 nitrogen and oxygen atoms in total. The molecule has 6 N–H and O–H groups in total. The lowest BCUT2D eigenvalue weighted by atomic mass is 10.0. The summed E-state index contributed by atoms with van der Waals surface area (Å²) in [6.45, 7) is 5.21. The average Bonchev–Trinajstić information content (AvgIpc) is 2.59. The van der Waals surface area contributed by atoms with Crippen molar-refractivity contribution in [3.8, 4) is 22.8 Å². The van der Waals surface area contributed by atoms with Gasteiger partial charge in [0, 0.05) is 17.7 Å². The van der Waals surface area contributed by atoms with Crippen molar-refractivity contribution < 1.29 is 19.0 Å². The Bertz CT molecular complexity index is 956. The highest BCUT2D eigenvalue weighted by Crippen LogP contribution is 2.31. The van der Waals surface area contributed by atoms with E-state index >= 15 is 0 Å². The SMILES string of the molecule is C=C(C)/C(NC(=O)c1cc(F)c(-c2cc(OC)cc(N)n2)cc1O)=C(\N)Cl. The van der Waals surface area contributed by atoms with Gasteiger partial charge in [0.05, 0.1) is 24.1 Å². The zero-order valence-electron chi connectivity index (χ0n) is 14.6. The van der Waals surface area contributed by atoms with Crippen molar-refractivity contribution >= 4 is 23.3 Å². The summed E-state index contributed by atoms with van der Waals surface area (Å²) in [7, 11) is 1.43. The number of pyridine rings is 1. The topological polar surface area (TPSA) is 123 Å². The fourth-order valence-corrected chi connectivity index (χ4v) is 2.48. The van der Waals surface area contributed by atoms with E-state index in [0.29, 0.717) is 11.3 Å². The third-order valence-electron chi connectivity index (χ3n) is 3.56. The first kappa shape index (κ1) is 20.1. The number of nitrogen functional groups attached to an aromatic ring is 1. The third kappa shape index (κ3) is 4.48. The number of nitrogens with two attached hydrogens (primary N) is 2. The van der Waals surface area contributed by atoms with E-state index in [1.165, 1.54) is 19.2 Å². The van der Waals surface area contributed by atoms with Gasteiger partial charge in [-0.05, 0) is 24.6 Å². The summed E-state index contributed by atoms with van der Waals surface area (Å²) in [5.74, 6) is -1.59. The van der Waals surface area contributed by atoms with Gasteiger partial charge in [-0.15, -0.1) is 0 Å². The van der Waals surface area contributed by atoms with E-state index in [0.717, 1.165) is 12.1 Å². The lowest BCUT2D eigenvalue weighted by molar-refractivity contribution is 0.0963. The van der Waals surface area contributed by atoms with Crippen molar-refractivity contribution in [2.45, 2.75) is 6.92 Å². The van der Waals surface area contributed by atoms with Gasteiger partial charge in [-0.3, -0.25) is 4.79 Å². The molecular formula is C18H18ClFN4O3. The van der Waals surface area contributed by atoms with Crippen LogP contribution in [0.1, 0.15) is 17.3 Å². The van der Waals surface area contributed by atoms with Crippen LogP contribution in [0.25, 0.3) is 11.3 Å². The molecule has 0 saturated heterocycles. The summed E-state index contributed by atoms with van der Waals surface area (Å²) in [5, 5.41) is 12.4. The fourth-order valence-electron chi connectivity index (χ4n) is 2.27. The third-order valence-corrected chi connectivity index (χ3v) is 3.75. The number of benzene rings is 1. The Hall–Kier alpha value is -3.26. The summed E-state index contributed by atoms with van der Waals surface area (Å²) in [4.78, 5) is 16.4. The fraction of sp³-hybridized carbons (Fsp3) is 0.111. The maximum atomic E-state index is 14.6. The number of anilines is 1. The minimum atomic E-state index is -0.808. The molecule has 27 heavy (non-hydrogen) atoms. The Labute approximate surface area is 160 Å². The summed E-state index contributed by atoms with van der Waals surface area (Å²) >= 11 is 5.70. The number of methoxy groups -OCH3 is 1. The van der Waals surface area contributed by atoms with Gasteiger partial charge in [-0.2, -0.15) is 0 Å². The molecule has 0 fully saturated rings. The van der Waals surface area contributed by atoms with Gasteiger partial charge in [0.1, 0.15) is 28.3 Å². The number of rotatable bonds is 5. The number of hydrogen-bond donors (Lipinski definition) is 4. The van der Waals surface area contributed by atoms with Gasteiger partial charge in [-0.25, -0.2) is 9.37 Å². The summed E-state index contributed by atoms with van der Waals surface area (Å²) < 4.78 is 19.7. The summed E-state index contributed by atoms with van der Waals surface area (Å²) in [6, 6.07) is 4.85. The van der Waals surface area contributed by atoms with Crippen LogP contribution in [-0.4, -0.2) is 23.1 Å². The van der Waals surface area contributed by atoms with E-state index in [1.807, 2.05) is 0 Å². The standard InChI is InChI=1S/C18H18ClFN4O3/c1-8(2)16(17(19)22)24-18(26)11-6-12(20)10(7-14(11)25)13-4-9(27-3)5-15(21)23-13/h4-7,25H,1,22H2,2-3H3,(H2,21,23)(H,24,26)/b17-16+. The highest BCUT2D eigenvalue weighted by Gasteiger charge is 2.19. The van der Waals surface area contributed by atoms with Gasteiger partial charge in [-0.1, -0.05) is 18.2 Å². The van der Waals surface area contributed by atoms with Crippen molar-refractivity contribution in [3.05, 3.63) is 58.7 Å². The van der Waals surface area contributed by atoms with Crippen LogP contribution in [-0.2, 0) is 0 Å². The number of nitrogens with zero attached hydrogens (tertiary/aromatic N) is 1. The number of hydrogen-bond acceptors (Lipinski definition) is 6. The van der Waals surface area contributed by atoms with Crippen LogP contribution < -0.4 is 21.5 Å². The van der Waals surface area contributed by atoms with Crippen LogP contribution in [0.3, 0.4) is 0 Å². The number of halogens is 2. The van der Waals surface area contributed by atoms with Gasteiger partial charge in [0.15, 0.2) is 0 Å². The first-order valence-electron chi connectivity index (χ1n) is 7.61. The number of nitrogens with one attached hydrogen (secondary N) is 1. The number of allylic oxidation sites excluding steroid dienone is 1. The van der Waals surface area contributed by atoms with Crippen LogP contribution >= 0.6 is 11.6 Å². The number of amides is 1. The molecule has 1 aromatic heterocycles. The van der Waals surface area contributed by atoms with Gasteiger partial charge < -0.3 is 26.6 Å². The van der Waals surface area contributed by atoms with E-state index in [1.54, 1.807) is 6.92 Å². The number of carbonyl (C=O) groups excluding carboxylic acids is 1. The second-order valence-corrected chi connectivity index (χ2v) is 6.03. The molecule has 142 valence electrons. The second-order valence-electron chi connectivity index (χ2n) is 5.62. The molecule has 0 aliphatic heterocycles. The van der Waals surface area contributed by atoms with Crippen LogP contribution in [0.5, 0.6) is 11.5 Å². The molecule has 0 atom stereocenters. The average molecular weight is 393 g/mol. The van der Waals surface area contributed by atoms with Crippen LogP contribution in [0, 0.1) is 5.82 Å². The van der Waals surface area contributed by atoms with E-state index in [2.05, 4.69) is 16.9 Å². The molecule has 0 spiro atoms. The predicted molar refractivity (Wildman–Crippen MR) is 102 cm³/mol. The number of ether oxygens (including phenoxy) is 1. The molecule has 0 aliphatic carbocycles. The van der Waals surface area contributed by atoms with Gasteiger partial charge >= 0.3 is 0 Å². The maximum absolute atomic E-state index is 14.6. The molecular weight excluding hydrogens is 375 g/mol. The van der Waals surface area contributed by atoms with E-state index in [-0.39, 0.29) is 33.5 Å². The largest absolute Gasteiger partial charge is 0.507 e. The van der Waals surface area contributed by atoms with Crippen molar-refractivity contribution in [2.75, 3.05) is 12.8 Å². The van der Waals surface area contributed by atoms with Gasteiger partial charge in [0.2, 0.25) is 0 Å². The molecule has 0 saturated carbocycles. The molecule has 2 aromatic rings. The van der Waals surface area contributed by atoms with Crippen molar-refractivity contribution in [1.29, 1.82) is 0 Å². The number of phenolic OH excluding ortho intramolecular Hbond substituents is 1. The number of aromatic nitrogens is 1. The first-order valence-corrected chi connectivity index (χ1v) is 7.98. The Balaban J connectivity index is 2.46. The normalized spacial score (nSPS) is 11.6. The van der Waals surface area contributed by atoms with Crippen molar-refractivity contribution in [3.63, 3.8) is 0 Å². The Morgan fingerprint density at radius 3 is 2.59 bits per heavy atom. The smallest absolute Gasteiger partial charge is 0.259 e. The zero-order chi connectivity index (χ0) is 20.3. The molecule has 1 aromatic carbocycles. The second kappa shape index (κ2) is 7.96. The van der Waals surface area contributed by atoms with Crippen LogP contribution in [0.2, 0.25) is 0 Å². The summed E-state index contributed by atoms with van der Waals surface area (Å²) in [6.07, 6.45) is 0. The van der Waals surface area contributed by atoms with E-state index < -0.39 is 17.5 Å². The number of aromatic hydroxyl groups is 1. The quantitative estimate of drug-likeness (QED) is 0.458. The molecule has 1 heterocycles. The molecule has 0 aliphatic rings. The Kier molecular flexibility index (Phi) is 5.91. The van der Waals surface area contributed by atoms with Crippen molar-refractivity contribution in [1.82, 2.24) is 10.3 Å². The molecule has 2 rings (SSSR count). The van der Waals surface area contributed by atoms with E-state index in [9.17, 15) is 14.3 Å². The monoisotopic (exact) mass is 392 g/mol. The van der Waals surface area contributed by atoms with Crippen molar-refractivity contribution in [2.24, 2.45) is 5.73 Å². The molecule has 0 unspecified atom stereocenters. The lowest BCUT2D eigenvalue weighted by Gasteiger charge is -2.13. The number of phenols is 1. The highest BCUT2D eigenvalue weighted by molar-refractivity contribution is 6.29. The minimum absolute atomic E-state index is 0.0535. The molecule has 0 radical (unpaired) electrons. The number of carbonyl (C=O) groups is 1. The Morgan fingerprint density at radius 1 is 1.37 bits per heavy atom.